The normalized spacial score (nSPS) is 12.6. The van der Waals surface area contributed by atoms with Gasteiger partial charge in [-0.2, -0.15) is 30.0 Å². The second kappa shape index (κ2) is 10.9. The standard InChI is InChI=1S/C25H22ClF3N4O2S/c1-36-11-10-17(14-34)32-24(35)20-13-31-33-22(15-6-8-16(9-7-15)25(27,28)29)19(12-30-23(20)33)18-4-2-3-5-21(18)26/h2-9,12-13,17,34H,10-11,14H2,1H3,(H,32,35). The SMILES string of the molecule is CSCCC(CO)NC(=O)c1cnn2c(-c3ccc(C(F)(F)F)cc3)c(-c3ccccc3Cl)cnc12. The Morgan fingerprint density at radius 2 is 1.86 bits per heavy atom. The highest BCUT2D eigenvalue weighted by Crippen LogP contribution is 2.37. The van der Waals surface area contributed by atoms with Gasteiger partial charge in [0.2, 0.25) is 0 Å². The van der Waals surface area contributed by atoms with Gasteiger partial charge < -0.3 is 10.4 Å². The van der Waals surface area contributed by atoms with Gasteiger partial charge in [0.05, 0.1) is 30.1 Å². The quantitative estimate of drug-likeness (QED) is 0.308. The number of aromatic nitrogens is 3. The van der Waals surface area contributed by atoms with E-state index in [0.717, 1.165) is 17.9 Å². The highest BCUT2D eigenvalue weighted by molar-refractivity contribution is 7.98. The zero-order valence-electron chi connectivity index (χ0n) is 19.1. The van der Waals surface area contributed by atoms with Crippen LogP contribution in [0.2, 0.25) is 5.02 Å². The average molecular weight is 535 g/mol. The summed E-state index contributed by atoms with van der Waals surface area (Å²) in [6, 6.07) is 11.3. The van der Waals surface area contributed by atoms with Crippen LogP contribution in [0, 0.1) is 0 Å². The molecule has 0 saturated carbocycles. The summed E-state index contributed by atoms with van der Waals surface area (Å²) in [6.45, 7) is -0.216. The van der Waals surface area contributed by atoms with E-state index in [1.165, 1.54) is 29.0 Å². The van der Waals surface area contributed by atoms with E-state index in [0.29, 0.717) is 33.8 Å². The molecule has 0 radical (unpaired) electrons. The van der Waals surface area contributed by atoms with Crippen LogP contribution in [-0.4, -0.2) is 50.3 Å². The Kier molecular flexibility index (Phi) is 7.87. The summed E-state index contributed by atoms with van der Waals surface area (Å²) in [5.41, 5.74) is 1.64. The van der Waals surface area contributed by atoms with Crippen molar-refractivity contribution >= 4 is 34.9 Å². The van der Waals surface area contributed by atoms with Gasteiger partial charge >= 0.3 is 6.18 Å². The predicted octanol–water partition coefficient (Wildman–Crippen LogP) is 5.58. The van der Waals surface area contributed by atoms with Gasteiger partial charge in [-0.25, -0.2) is 9.50 Å². The van der Waals surface area contributed by atoms with E-state index < -0.39 is 23.7 Å². The Hall–Kier alpha value is -3.08. The van der Waals surface area contributed by atoms with Gasteiger partial charge in [0.25, 0.3) is 5.91 Å². The van der Waals surface area contributed by atoms with Crippen LogP contribution >= 0.6 is 23.4 Å². The van der Waals surface area contributed by atoms with Gasteiger partial charge in [-0.3, -0.25) is 4.79 Å². The summed E-state index contributed by atoms with van der Waals surface area (Å²) in [5.74, 6) is 0.305. The first kappa shape index (κ1) is 26.0. The number of halogens is 4. The molecule has 4 rings (SSSR count). The maximum absolute atomic E-state index is 13.2. The maximum Gasteiger partial charge on any atom is 0.416 e. The number of hydrogen-bond acceptors (Lipinski definition) is 5. The van der Waals surface area contributed by atoms with Gasteiger partial charge in [-0.05, 0) is 36.6 Å². The van der Waals surface area contributed by atoms with E-state index in [1.54, 1.807) is 36.0 Å². The number of thioether (sulfide) groups is 1. The third kappa shape index (κ3) is 5.35. The first-order valence-electron chi connectivity index (χ1n) is 10.9. The van der Waals surface area contributed by atoms with Gasteiger partial charge in [-0.1, -0.05) is 41.9 Å². The lowest BCUT2D eigenvalue weighted by Crippen LogP contribution is -2.37. The number of aliphatic hydroxyl groups excluding tert-OH is 1. The van der Waals surface area contributed by atoms with Crippen molar-refractivity contribution in [3.8, 4) is 22.4 Å². The monoisotopic (exact) mass is 534 g/mol. The molecule has 0 spiro atoms. The van der Waals surface area contributed by atoms with Crippen molar-refractivity contribution in [2.24, 2.45) is 0 Å². The first-order valence-corrected chi connectivity index (χ1v) is 12.7. The van der Waals surface area contributed by atoms with Crippen LogP contribution < -0.4 is 5.32 Å². The number of nitrogens with zero attached hydrogens (tertiary/aromatic N) is 3. The Labute approximate surface area is 214 Å². The zero-order valence-corrected chi connectivity index (χ0v) is 20.7. The molecule has 0 aliphatic rings. The van der Waals surface area contributed by atoms with Crippen LogP contribution in [0.15, 0.2) is 60.9 Å². The molecule has 1 unspecified atom stereocenters. The minimum Gasteiger partial charge on any atom is -0.394 e. The second-order valence-corrected chi connectivity index (χ2v) is 9.40. The average Bonchev–Trinajstić information content (AvgIpc) is 3.30. The van der Waals surface area contributed by atoms with E-state index in [9.17, 15) is 23.1 Å². The van der Waals surface area contributed by atoms with Crippen LogP contribution in [0.1, 0.15) is 22.3 Å². The summed E-state index contributed by atoms with van der Waals surface area (Å²) in [4.78, 5) is 17.4. The zero-order chi connectivity index (χ0) is 25.9. The van der Waals surface area contributed by atoms with E-state index in [4.69, 9.17) is 11.6 Å². The third-order valence-electron chi connectivity index (χ3n) is 5.65. The van der Waals surface area contributed by atoms with E-state index >= 15 is 0 Å². The Morgan fingerprint density at radius 1 is 1.14 bits per heavy atom. The summed E-state index contributed by atoms with van der Waals surface area (Å²) in [7, 11) is 0. The molecule has 1 atom stereocenters. The number of fused-ring (bicyclic) bond motifs is 1. The Morgan fingerprint density at radius 3 is 2.50 bits per heavy atom. The molecule has 0 aliphatic carbocycles. The molecular weight excluding hydrogens is 513 g/mol. The van der Waals surface area contributed by atoms with Crippen molar-refractivity contribution in [3.63, 3.8) is 0 Å². The molecule has 2 heterocycles. The highest BCUT2D eigenvalue weighted by atomic mass is 35.5. The van der Waals surface area contributed by atoms with Crippen molar-refractivity contribution < 1.29 is 23.1 Å². The summed E-state index contributed by atoms with van der Waals surface area (Å²) in [5, 5.41) is 17.2. The van der Waals surface area contributed by atoms with Crippen molar-refractivity contribution in [1.82, 2.24) is 19.9 Å². The van der Waals surface area contributed by atoms with E-state index in [1.807, 2.05) is 6.26 Å². The largest absolute Gasteiger partial charge is 0.416 e. The number of benzene rings is 2. The van der Waals surface area contributed by atoms with Gasteiger partial charge in [-0.15, -0.1) is 0 Å². The van der Waals surface area contributed by atoms with Crippen molar-refractivity contribution in [1.29, 1.82) is 0 Å². The number of carbonyl (C=O) groups is 1. The fourth-order valence-electron chi connectivity index (χ4n) is 3.79. The molecule has 0 fully saturated rings. The lowest BCUT2D eigenvalue weighted by molar-refractivity contribution is -0.137. The number of carbonyl (C=O) groups excluding carboxylic acids is 1. The van der Waals surface area contributed by atoms with E-state index in [-0.39, 0.29) is 17.8 Å². The van der Waals surface area contributed by atoms with Gasteiger partial charge in [0.15, 0.2) is 5.65 Å². The van der Waals surface area contributed by atoms with Crippen molar-refractivity contribution in [2.45, 2.75) is 18.6 Å². The molecule has 188 valence electrons. The first-order chi connectivity index (χ1) is 17.2. The molecule has 0 saturated heterocycles. The second-order valence-electron chi connectivity index (χ2n) is 8.00. The molecule has 36 heavy (non-hydrogen) atoms. The smallest absolute Gasteiger partial charge is 0.394 e. The summed E-state index contributed by atoms with van der Waals surface area (Å²) < 4.78 is 40.9. The predicted molar refractivity (Wildman–Crippen MR) is 135 cm³/mol. The Bertz CT molecular complexity index is 1380. The number of amides is 1. The van der Waals surface area contributed by atoms with Crippen LogP contribution in [0.25, 0.3) is 28.0 Å². The lowest BCUT2D eigenvalue weighted by atomic mass is 9.99. The molecule has 1 amide bonds. The van der Waals surface area contributed by atoms with Crippen molar-refractivity contribution in [3.05, 3.63) is 77.1 Å². The fourth-order valence-corrected chi connectivity index (χ4v) is 4.55. The summed E-state index contributed by atoms with van der Waals surface area (Å²) >= 11 is 8.03. The molecule has 2 aromatic heterocycles. The minimum absolute atomic E-state index is 0.177. The van der Waals surface area contributed by atoms with Crippen LogP contribution in [0.3, 0.4) is 0 Å². The molecular formula is C25H22ClF3N4O2S. The lowest BCUT2D eigenvalue weighted by Gasteiger charge is -2.16. The Balaban J connectivity index is 1.85. The van der Waals surface area contributed by atoms with Gasteiger partial charge in [0, 0.05) is 27.9 Å². The summed E-state index contributed by atoms with van der Waals surface area (Å²) in [6.07, 6.45) is 0.923. The molecule has 2 aromatic carbocycles. The van der Waals surface area contributed by atoms with Crippen LogP contribution in [0.4, 0.5) is 13.2 Å². The fraction of sp³-hybridized carbons (Fsp3) is 0.240. The minimum atomic E-state index is -4.48. The third-order valence-corrected chi connectivity index (χ3v) is 6.62. The van der Waals surface area contributed by atoms with Crippen molar-refractivity contribution in [2.75, 3.05) is 18.6 Å². The number of aliphatic hydroxyl groups is 1. The number of alkyl halides is 3. The maximum atomic E-state index is 13.2. The molecule has 2 N–H and O–H groups in total. The molecule has 0 aliphatic heterocycles. The number of rotatable bonds is 8. The molecule has 4 aromatic rings. The van der Waals surface area contributed by atoms with Crippen LogP contribution in [0.5, 0.6) is 0 Å². The number of nitrogens with one attached hydrogen (secondary N) is 1. The van der Waals surface area contributed by atoms with Gasteiger partial charge in [0.1, 0.15) is 5.56 Å². The molecule has 0 bridgehead atoms. The van der Waals surface area contributed by atoms with Crippen LogP contribution in [-0.2, 0) is 6.18 Å². The molecule has 6 nitrogen and oxygen atoms in total. The van der Waals surface area contributed by atoms with E-state index in [2.05, 4.69) is 15.4 Å². The molecule has 11 heteroatoms. The highest BCUT2D eigenvalue weighted by Gasteiger charge is 2.30. The topological polar surface area (TPSA) is 79.5 Å². The number of hydrogen-bond donors (Lipinski definition) is 2.